The molecule has 0 aliphatic rings. The van der Waals surface area contributed by atoms with Gasteiger partial charge in [0.1, 0.15) is 0 Å². The van der Waals surface area contributed by atoms with Crippen molar-refractivity contribution in [2.75, 3.05) is 6.54 Å². The molecule has 0 aliphatic heterocycles. The van der Waals surface area contributed by atoms with Gasteiger partial charge in [-0.2, -0.15) is 0 Å². The maximum Gasteiger partial charge on any atom is 0.343 e. The Hall–Kier alpha value is -1.14. The number of nitrogens with two attached hydrogens (primary N) is 4. The molecule has 0 rings (SSSR count). The van der Waals surface area contributed by atoms with E-state index in [0.29, 0.717) is 5.96 Å². The van der Waals surface area contributed by atoms with Gasteiger partial charge in [-0.25, -0.2) is 0 Å². The molecule has 0 bridgehead atoms. The van der Waals surface area contributed by atoms with Gasteiger partial charge < -0.3 is 24.8 Å². The maximum absolute atomic E-state index is 5.36. The van der Waals surface area contributed by atoms with Crippen LogP contribution in [0.2, 0.25) is 0 Å². The molecule has 1 atom stereocenters. The molecule has 0 saturated carbocycles. The third-order valence-corrected chi connectivity index (χ3v) is 4.64. The van der Waals surface area contributed by atoms with Gasteiger partial charge in [0.05, 0.1) is 12.7 Å². The Morgan fingerprint density at radius 2 is 1.21 bits per heavy atom. The standard InChI is InChI=1S/C20H42N6.2ClH/c1-18(14-10-6-2-4-8-12-16-25-19(21)22)15-11-7-3-5-9-13-17-26-20(23)24;;/h12,16,18H,2-11,13-15,17H2,1H3,(H4,21,22,25)(H4,23,24,26);2*1H/b16-12+;;. The maximum atomic E-state index is 5.36. The minimum atomic E-state index is 0. The molecule has 1 unspecified atom stereocenters. The Kier molecular flexibility index (Phi) is 26.9. The van der Waals surface area contributed by atoms with Gasteiger partial charge in [-0.15, -0.1) is 0 Å². The third kappa shape index (κ3) is 27.1. The van der Waals surface area contributed by atoms with Crippen LogP contribution in [0.1, 0.15) is 90.4 Å². The van der Waals surface area contributed by atoms with E-state index in [9.17, 15) is 0 Å². The van der Waals surface area contributed by atoms with Crippen LogP contribution < -0.4 is 57.7 Å². The van der Waals surface area contributed by atoms with Gasteiger partial charge in [-0.3, -0.25) is 32.9 Å². The highest BCUT2D eigenvalue weighted by atomic mass is 35.5. The van der Waals surface area contributed by atoms with Gasteiger partial charge in [0, 0.05) is 0 Å². The van der Waals surface area contributed by atoms with Crippen molar-refractivity contribution in [3.63, 3.8) is 0 Å². The molecule has 0 radical (unpaired) electrons. The number of hydrogen-bond acceptors (Lipinski definition) is 0. The van der Waals surface area contributed by atoms with E-state index in [2.05, 4.69) is 23.0 Å². The van der Waals surface area contributed by atoms with Crippen LogP contribution in [0, 0.1) is 5.92 Å². The first kappa shape index (κ1) is 31.6. The lowest BCUT2D eigenvalue weighted by Gasteiger charge is -2.10. The summed E-state index contributed by atoms with van der Waals surface area (Å²) in [5.74, 6) is 1.45. The summed E-state index contributed by atoms with van der Waals surface area (Å²) in [6.45, 7) is 3.30. The van der Waals surface area contributed by atoms with E-state index in [0.717, 1.165) is 25.3 Å². The second kappa shape index (κ2) is 23.9. The van der Waals surface area contributed by atoms with E-state index in [-0.39, 0.29) is 30.8 Å². The average Bonchev–Trinajstić information content (AvgIpc) is 2.58. The molecule has 0 heterocycles. The summed E-state index contributed by atoms with van der Waals surface area (Å²) < 4.78 is 0. The van der Waals surface area contributed by atoms with Gasteiger partial charge in [0.25, 0.3) is 0 Å². The number of nitrogens with one attached hydrogen (secondary N) is 2. The number of rotatable bonds is 17. The van der Waals surface area contributed by atoms with Gasteiger partial charge >= 0.3 is 11.9 Å². The van der Waals surface area contributed by atoms with Crippen molar-refractivity contribution < 1.29 is 34.8 Å². The van der Waals surface area contributed by atoms with Gasteiger partial charge in [-0.05, 0) is 25.2 Å². The molecule has 0 aromatic heterocycles. The smallest absolute Gasteiger partial charge is 0.343 e. The zero-order valence-corrected chi connectivity index (χ0v) is 19.2. The summed E-state index contributed by atoms with van der Waals surface area (Å²) >= 11 is 0. The molecule has 0 aromatic carbocycles. The van der Waals surface area contributed by atoms with Crippen LogP contribution in [0.15, 0.2) is 12.3 Å². The highest BCUT2D eigenvalue weighted by molar-refractivity contribution is 5.69. The van der Waals surface area contributed by atoms with Crippen molar-refractivity contribution in [1.82, 2.24) is 0 Å². The molecule has 10 N–H and O–H groups in total. The summed E-state index contributed by atoms with van der Waals surface area (Å²) in [5, 5.41) is 0. The van der Waals surface area contributed by atoms with E-state index in [4.69, 9.17) is 22.9 Å². The van der Waals surface area contributed by atoms with Crippen LogP contribution in [0.5, 0.6) is 0 Å². The highest BCUT2D eigenvalue weighted by Gasteiger charge is 2.02. The molecule has 0 saturated heterocycles. The summed E-state index contributed by atoms with van der Waals surface area (Å²) in [7, 11) is 0. The monoisotopic (exact) mass is 438 g/mol. The van der Waals surface area contributed by atoms with E-state index in [1.54, 1.807) is 0 Å². The van der Waals surface area contributed by atoms with Crippen molar-refractivity contribution in [3.8, 4) is 0 Å². The molecule has 0 amide bonds. The normalized spacial score (nSPS) is 11.3. The van der Waals surface area contributed by atoms with Gasteiger partial charge in [-0.1, -0.05) is 77.2 Å². The fourth-order valence-electron chi connectivity index (χ4n) is 3.05. The molecule has 0 spiro atoms. The van der Waals surface area contributed by atoms with Crippen molar-refractivity contribution in [1.29, 1.82) is 0 Å². The Morgan fingerprint density at radius 3 is 1.75 bits per heavy atom. The van der Waals surface area contributed by atoms with E-state index in [1.165, 1.54) is 70.6 Å². The minimum Gasteiger partial charge on any atom is -1.00 e. The lowest BCUT2D eigenvalue weighted by atomic mass is 9.96. The average molecular weight is 440 g/mol. The quantitative estimate of drug-likeness (QED) is 0.0765. The van der Waals surface area contributed by atoms with Crippen molar-refractivity contribution >= 4 is 11.9 Å². The zero-order valence-electron chi connectivity index (χ0n) is 17.7. The largest absolute Gasteiger partial charge is 1.00 e. The fourth-order valence-corrected chi connectivity index (χ4v) is 3.05. The predicted molar refractivity (Wildman–Crippen MR) is 112 cm³/mol. The van der Waals surface area contributed by atoms with E-state index in [1.807, 2.05) is 6.20 Å². The Bertz CT molecular complexity index is 406. The summed E-state index contributed by atoms with van der Waals surface area (Å²) in [6, 6.07) is 0. The Labute approximate surface area is 184 Å². The number of allylic oxidation sites excluding steroid dienone is 1. The summed E-state index contributed by atoms with van der Waals surface area (Å²) in [5.41, 5.74) is 21.3. The predicted octanol–water partition coefficient (Wildman–Crippen LogP) is -6.08. The van der Waals surface area contributed by atoms with Crippen LogP contribution in [-0.2, 0) is 0 Å². The van der Waals surface area contributed by atoms with Crippen LogP contribution in [0.4, 0.5) is 0 Å². The summed E-state index contributed by atoms with van der Waals surface area (Å²) in [6.07, 6.45) is 20.8. The SMILES string of the molecule is CC(CCCCCC/C=C/[NH+]=C(N)N)CCCCCCCC[NH+]=C(N)N.[Cl-].[Cl-]. The zero-order chi connectivity index (χ0) is 19.5. The third-order valence-electron chi connectivity index (χ3n) is 4.64. The second-order valence-corrected chi connectivity index (χ2v) is 7.39. The molecular weight excluding hydrogens is 395 g/mol. The van der Waals surface area contributed by atoms with Crippen LogP contribution in [0.3, 0.4) is 0 Å². The molecule has 0 aromatic rings. The van der Waals surface area contributed by atoms with Crippen LogP contribution in [0.25, 0.3) is 0 Å². The summed E-state index contributed by atoms with van der Waals surface area (Å²) in [4.78, 5) is 5.75. The first-order valence-electron chi connectivity index (χ1n) is 10.4. The number of halogens is 2. The lowest BCUT2D eigenvalue weighted by molar-refractivity contribution is -0.459. The van der Waals surface area contributed by atoms with Crippen molar-refractivity contribution in [2.45, 2.75) is 90.4 Å². The molecule has 0 aliphatic carbocycles. The minimum absolute atomic E-state index is 0. The Morgan fingerprint density at radius 1 is 0.714 bits per heavy atom. The molecular formula is C20H44Cl2N6. The van der Waals surface area contributed by atoms with Crippen LogP contribution in [-0.4, -0.2) is 18.5 Å². The number of hydrogen-bond donors (Lipinski definition) is 6. The van der Waals surface area contributed by atoms with E-state index >= 15 is 0 Å². The van der Waals surface area contributed by atoms with Crippen molar-refractivity contribution in [3.05, 3.63) is 12.3 Å². The highest BCUT2D eigenvalue weighted by Crippen LogP contribution is 2.18. The van der Waals surface area contributed by atoms with Gasteiger partial charge in [0.2, 0.25) is 0 Å². The molecule has 0 fully saturated rings. The Balaban J connectivity index is -0.00000312. The van der Waals surface area contributed by atoms with Gasteiger partial charge in [0.15, 0.2) is 0 Å². The number of unbranched alkanes of at least 4 members (excludes halogenated alkanes) is 9. The topological polar surface area (TPSA) is 132 Å². The fraction of sp³-hybridized carbons (Fsp3) is 0.800. The molecule has 28 heavy (non-hydrogen) atoms. The lowest BCUT2D eigenvalue weighted by Crippen LogP contribution is -3.00. The molecule has 6 nitrogen and oxygen atoms in total. The van der Waals surface area contributed by atoms with Crippen LogP contribution >= 0.6 is 0 Å². The van der Waals surface area contributed by atoms with Crippen molar-refractivity contribution in [2.24, 2.45) is 28.9 Å². The first-order chi connectivity index (χ1) is 12.5. The molecule has 8 heteroatoms. The van der Waals surface area contributed by atoms with E-state index < -0.39 is 0 Å². The molecule has 168 valence electrons. The number of guanidine groups is 2. The first-order valence-corrected chi connectivity index (χ1v) is 10.4. The second-order valence-electron chi connectivity index (χ2n) is 7.39.